The first-order chi connectivity index (χ1) is 5.24. The van der Waals surface area contributed by atoms with Crippen LogP contribution in [0.4, 0.5) is 0 Å². The second-order valence-electron chi connectivity index (χ2n) is 2.59. The van der Waals surface area contributed by atoms with Crippen LogP contribution in [0.25, 0.3) is 0 Å². The van der Waals surface area contributed by atoms with Gasteiger partial charge in [-0.2, -0.15) is 0 Å². The minimum Gasteiger partial charge on any atom is -0.365 e. The van der Waals surface area contributed by atoms with Gasteiger partial charge < -0.3 is 4.74 Å². The van der Waals surface area contributed by atoms with Gasteiger partial charge in [0.2, 0.25) is 5.24 Å². The first kappa shape index (κ1) is 8.75. The van der Waals surface area contributed by atoms with E-state index >= 15 is 0 Å². The lowest BCUT2D eigenvalue weighted by molar-refractivity contribution is -0.107. The highest BCUT2D eigenvalue weighted by atomic mass is 35.5. The normalized spacial score (nSPS) is 29.3. The van der Waals surface area contributed by atoms with Gasteiger partial charge in [0.25, 0.3) is 0 Å². The molecule has 1 fully saturated rings. The Labute approximate surface area is 71.2 Å². The van der Waals surface area contributed by atoms with Crippen molar-refractivity contribution >= 4 is 16.8 Å². The molecule has 1 aliphatic heterocycles. The van der Waals surface area contributed by atoms with E-state index in [0.29, 0.717) is 6.10 Å². The average molecular weight is 175 g/mol. The lowest BCUT2D eigenvalue weighted by atomic mass is 10.2. The van der Waals surface area contributed by atoms with Gasteiger partial charge in [-0.15, -0.1) is 0 Å². The third kappa shape index (κ3) is 3.04. The molecule has 1 rings (SSSR count). The number of carbonyl (C=O) groups is 1. The van der Waals surface area contributed by atoms with E-state index in [1.165, 1.54) is 6.08 Å². The molecule has 3 heteroatoms. The molecule has 2 nitrogen and oxygen atoms in total. The maximum atomic E-state index is 10.3. The Morgan fingerprint density at radius 3 is 3.00 bits per heavy atom. The zero-order valence-electron chi connectivity index (χ0n) is 6.42. The van der Waals surface area contributed by atoms with Crippen LogP contribution in [0, 0.1) is 0 Å². The van der Waals surface area contributed by atoms with Crippen LogP contribution in [0.2, 0.25) is 0 Å². The molecule has 2 atom stereocenters. The molecule has 62 valence electrons. The third-order valence-electron chi connectivity index (χ3n) is 1.61. The number of rotatable bonds is 4. The van der Waals surface area contributed by atoms with Gasteiger partial charge in [-0.1, -0.05) is 13.3 Å². The fourth-order valence-corrected chi connectivity index (χ4v) is 1.09. The number of ether oxygens (including phenoxy) is 1. The standard InChI is InChI=1S/C8H11ClO2/c1-2-3-6-7(11-6)4-5-8(9)10/h4-7H,2-3H2,1H3/b5-4+/t6?,7-/m1/s1. The van der Waals surface area contributed by atoms with E-state index in [4.69, 9.17) is 16.3 Å². The van der Waals surface area contributed by atoms with Crippen molar-refractivity contribution in [3.63, 3.8) is 0 Å². The van der Waals surface area contributed by atoms with E-state index in [1.807, 2.05) is 0 Å². The number of hydrogen-bond acceptors (Lipinski definition) is 2. The molecule has 1 saturated heterocycles. The van der Waals surface area contributed by atoms with Crippen LogP contribution in [-0.2, 0) is 9.53 Å². The molecule has 0 aliphatic carbocycles. The monoisotopic (exact) mass is 174 g/mol. The second-order valence-corrected chi connectivity index (χ2v) is 2.96. The fraction of sp³-hybridized carbons (Fsp3) is 0.625. The molecule has 0 aromatic carbocycles. The van der Waals surface area contributed by atoms with Crippen molar-refractivity contribution in [2.75, 3.05) is 0 Å². The van der Waals surface area contributed by atoms with Gasteiger partial charge in [0.05, 0.1) is 6.10 Å². The first-order valence-electron chi connectivity index (χ1n) is 3.77. The number of hydrogen-bond donors (Lipinski definition) is 0. The Morgan fingerprint density at radius 2 is 2.45 bits per heavy atom. The Balaban J connectivity index is 2.17. The smallest absolute Gasteiger partial charge is 0.244 e. The summed E-state index contributed by atoms with van der Waals surface area (Å²) in [4.78, 5) is 10.3. The van der Waals surface area contributed by atoms with Crippen molar-refractivity contribution in [1.29, 1.82) is 0 Å². The van der Waals surface area contributed by atoms with E-state index in [9.17, 15) is 4.79 Å². The molecular formula is C8H11ClO2. The summed E-state index contributed by atoms with van der Waals surface area (Å²) in [5.41, 5.74) is 0. The van der Waals surface area contributed by atoms with Gasteiger partial charge >= 0.3 is 0 Å². The summed E-state index contributed by atoms with van der Waals surface area (Å²) in [6, 6.07) is 0. The summed E-state index contributed by atoms with van der Waals surface area (Å²) >= 11 is 5.09. The minimum atomic E-state index is -0.434. The molecule has 1 unspecified atom stereocenters. The number of epoxide rings is 1. The molecule has 0 aromatic heterocycles. The lowest BCUT2D eigenvalue weighted by Crippen LogP contribution is -1.89. The van der Waals surface area contributed by atoms with Crippen LogP contribution < -0.4 is 0 Å². The summed E-state index contributed by atoms with van der Waals surface area (Å²) < 4.78 is 5.21. The van der Waals surface area contributed by atoms with E-state index in [2.05, 4.69) is 6.92 Å². The van der Waals surface area contributed by atoms with Gasteiger partial charge in [-0.05, 0) is 30.2 Å². The molecule has 11 heavy (non-hydrogen) atoms. The molecule has 0 spiro atoms. The number of halogens is 1. The summed E-state index contributed by atoms with van der Waals surface area (Å²) in [6.45, 7) is 2.11. The Bertz CT molecular complexity index is 177. The van der Waals surface area contributed by atoms with Crippen LogP contribution in [0.5, 0.6) is 0 Å². The highest BCUT2D eigenvalue weighted by Gasteiger charge is 2.35. The Morgan fingerprint density at radius 1 is 1.73 bits per heavy atom. The first-order valence-corrected chi connectivity index (χ1v) is 4.15. The van der Waals surface area contributed by atoms with Gasteiger partial charge in [-0.3, -0.25) is 4.79 Å². The van der Waals surface area contributed by atoms with Crippen LogP contribution >= 0.6 is 11.6 Å². The van der Waals surface area contributed by atoms with Gasteiger partial charge in [0, 0.05) is 0 Å². The van der Waals surface area contributed by atoms with E-state index in [1.54, 1.807) is 6.08 Å². The van der Waals surface area contributed by atoms with Crippen molar-refractivity contribution in [2.24, 2.45) is 0 Å². The predicted octanol–water partition coefficient (Wildman–Crippen LogP) is 1.88. The average Bonchev–Trinajstić information content (AvgIpc) is 2.64. The highest BCUT2D eigenvalue weighted by molar-refractivity contribution is 6.66. The van der Waals surface area contributed by atoms with Crippen LogP contribution in [0.15, 0.2) is 12.2 Å². The van der Waals surface area contributed by atoms with E-state index in [0.717, 1.165) is 12.8 Å². The second kappa shape index (κ2) is 3.88. The van der Waals surface area contributed by atoms with Crippen molar-refractivity contribution < 1.29 is 9.53 Å². The highest BCUT2D eigenvalue weighted by Crippen LogP contribution is 2.27. The summed E-state index contributed by atoms with van der Waals surface area (Å²) in [5, 5.41) is -0.434. The summed E-state index contributed by atoms with van der Waals surface area (Å²) in [7, 11) is 0. The van der Waals surface area contributed by atoms with E-state index in [-0.39, 0.29) is 6.10 Å². The molecule has 0 saturated carbocycles. The zero-order chi connectivity index (χ0) is 8.27. The topological polar surface area (TPSA) is 29.6 Å². The minimum absolute atomic E-state index is 0.137. The van der Waals surface area contributed by atoms with Gasteiger partial charge in [-0.25, -0.2) is 0 Å². The summed E-state index contributed by atoms with van der Waals surface area (Å²) in [6.07, 6.45) is 5.71. The molecule has 1 aliphatic rings. The quantitative estimate of drug-likeness (QED) is 0.370. The van der Waals surface area contributed by atoms with Gasteiger partial charge in [0.15, 0.2) is 0 Å². The molecule has 1 heterocycles. The fourth-order valence-electron chi connectivity index (χ4n) is 1.01. The summed E-state index contributed by atoms with van der Waals surface area (Å²) in [5.74, 6) is 0. The number of allylic oxidation sites excluding steroid dienone is 1. The molecular weight excluding hydrogens is 164 g/mol. The molecule has 0 N–H and O–H groups in total. The Hall–Kier alpha value is -0.340. The van der Waals surface area contributed by atoms with Crippen LogP contribution in [0.1, 0.15) is 19.8 Å². The molecule has 0 bridgehead atoms. The zero-order valence-corrected chi connectivity index (χ0v) is 7.17. The van der Waals surface area contributed by atoms with E-state index < -0.39 is 5.24 Å². The van der Waals surface area contributed by atoms with Crippen LogP contribution in [-0.4, -0.2) is 17.5 Å². The number of carbonyl (C=O) groups excluding carboxylic acids is 1. The van der Waals surface area contributed by atoms with Crippen LogP contribution in [0.3, 0.4) is 0 Å². The molecule has 0 aromatic rings. The maximum Gasteiger partial charge on any atom is 0.244 e. The maximum absolute atomic E-state index is 10.3. The van der Waals surface area contributed by atoms with Crippen molar-refractivity contribution in [1.82, 2.24) is 0 Å². The largest absolute Gasteiger partial charge is 0.365 e. The van der Waals surface area contributed by atoms with Crippen molar-refractivity contribution in [3.05, 3.63) is 12.2 Å². The lowest BCUT2D eigenvalue weighted by Gasteiger charge is -1.83. The SMILES string of the molecule is CCCC1O[C@@H]1/C=C/C(=O)Cl. The van der Waals surface area contributed by atoms with Crippen molar-refractivity contribution in [2.45, 2.75) is 32.0 Å². The molecule has 0 amide bonds. The van der Waals surface area contributed by atoms with Crippen molar-refractivity contribution in [3.8, 4) is 0 Å². The molecule has 0 radical (unpaired) electrons. The predicted molar refractivity (Wildman–Crippen MR) is 43.6 cm³/mol. The Kier molecular flexibility index (Phi) is 3.09. The van der Waals surface area contributed by atoms with Gasteiger partial charge in [0.1, 0.15) is 6.10 Å². The third-order valence-corrected chi connectivity index (χ3v) is 1.74.